The second kappa shape index (κ2) is 15.2. The van der Waals surface area contributed by atoms with Gasteiger partial charge in [-0.05, 0) is 73.4 Å². The van der Waals surface area contributed by atoms with Crippen molar-refractivity contribution in [3.8, 4) is 17.1 Å². The van der Waals surface area contributed by atoms with Crippen LogP contribution in [0.4, 0.5) is 5.69 Å². The van der Waals surface area contributed by atoms with Crippen molar-refractivity contribution in [1.82, 2.24) is 24.8 Å². The van der Waals surface area contributed by atoms with Gasteiger partial charge < -0.3 is 23.6 Å². The number of nitrogens with zero attached hydrogens (tertiary/aromatic N) is 3. The van der Waals surface area contributed by atoms with E-state index in [1.807, 2.05) is 66.2 Å². The first-order valence-electron chi connectivity index (χ1n) is 16.6. The van der Waals surface area contributed by atoms with E-state index in [2.05, 4.69) is 41.4 Å². The first kappa shape index (κ1) is 34.6. The number of benzene rings is 3. The van der Waals surface area contributed by atoms with E-state index in [4.69, 9.17) is 14.0 Å². The molecule has 0 unspecified atom stereocenters. The Morgan fingerprint density at radius 3 is 2.46 bits per heavy atom. The van der Waals surface area contributed by atoms with Gasteiger partial charge in [-0.15, -0.1) is 0 Å². The molecule has 1 aliphatic rings. The zero-order valence-corrected chi connectivity index (χ0v) is 29.9. The Labute approximate surface area is 305 Å². The molecule has 4 heterocycles. The smallest absolute Gasteiger partial charge is 0.439 e. The number of carbonyl (C=O) groups is 2. The largest absolute Gasteiger partial charge is 0.483 e. The normalized spacial score (nSPS) is 12.7. The SMILES string of the molecule is Cn1c(C(=O)NOCC2CCC2)cc2ccccc21.Cn1c(C(=O)Nc2ccc(Br)cc2-c2noc(=O)[nH]2)cc2cccc(OCc3ccco3)c21. The summed E-state index contributed by atoms with van der Waals surface area (Å²) in [5, 5.41) is 8.55. The maximum atomic E-state index is 13.2. The van der Waals surface area contributed by atoms with Gasteiger partial charge in [0, 0.05) is 40.4 Å². The summed E-state index contributed by atoms with van der Waals surface area (Å²) in [5.41, 5.74) is 6.39. The molecule has 0 saturated heterocycles. The molecule has 14 heteroatoms. The minimum Gasteiger partial charge on any atom is -0.483 e. The molecule has 1 fully saturated rings. The van der Waals surface area contributed by atoms with Crippen molar-refractivity contribution in [3.63, 3.8) is 0 Å². The molecule has 0 radical (unpaired) electrons. The quantitative estimate of drug-likeness (QED) is 0.122. The summed E-state index contributed by atoms with van der Waals surface area (Å²) in [7, 11) is 3.69. The molecular formula is C38H35BrN6O7. The van der Waals surface area contributed by atoms with Gasteiger partial charge in [-0.2, -0.15) is 0 Å². The monoisotopic (exact) mass is 766 g/mol. The van der Waals surface area contributed by atoms with Crippen molar-refractivity contribution in [3.05, 3.63) is 123 Å². The number of nitrogens with one attached hydrogen (secondary N) is 3. The molecule has 1 aliphatic carbocycles. The fourth-order valence-electron chi connectivity index (χ4n) is 6.05. The van der Waals surface area contributed by atoms with Gasteiger partial charge >= 0.3 is 5.76 Å². The summed E-state index contributed by atoms with van der Waals surface area (Å²) in [6, 6.07) is 26.1. The van der Waals surface area contributed by atoms with E-state index in [-0.39, 0.29) is 24.2 Å². The van der Waals surface area contributed by atoms with Crippen LogP contribution in [0.25, 0.3) is 33.2 Å². The topological polar surface area (TPSA) is 159 Å². The maximum Gasteiger partial charge on any atom is 0.439 e. The third-order valence-electron chi connectivity index (χ3n) is 9.02. The van der Waals surface area contributed by atoms with E-state index in [1.54, 1.807) is 48.2 Å². The predicted octanol–water partition coefficient (Wildman–Crippen LogP) is 7.35. The van der Waals surface area contributed by atoms with Gasteiger partial charge in [-0.1, -0.05) is 57.8 Å². The third-order valence-corrected chi connectivity index (χ3v) is 9.51. The lowest BCUT2D eigenvalue weighted by molar-refractivity contribution is 0.00272. The Kier molecular flexibility index (Phi) is 10.1. The van der Waals surface area contributed by atoms with Crippen LogP contribution in [-0.4, -0.2) is 37.7 Å². The Bertz CT molecular complexity index is 2420. The van der Waals surface area contributed by atoms with Crippen LogP contribution >= 0.6 is 15.9 Å². The molecule has 3 N–H and O–H groups in total. The number of aryl methyl sites for hydroxylation is 2. The molecule has 1 saturated carbocycles. The first-order valence-corrected chi connectivity index (χ1v) is 17.4. The summed E-state index contributed by atoms with van der Waals surface area (Å²) in [4.78, 5) is 44.5. The van der Waals surface area contributed by atoms with E-state index >= 15 is 0 Å². The zero-order valence-electron chi connectivity index (χ0n) is 28.4. The second-order valence-electron chi connectivity index (χ2n) is 12.4. The summed E-state index contributed by atoms with van der Waals surface area (Å²) < 4.78 is 20.3. The van der Waals surface area contributed by atoms with Crippen LogP contribution < -0.4 is 21.3 Å². The van der Waals surface area contributed by atoms with Gasteiger partial charge in [-0.3, -0.25) is 23.9 Å². The molecule has 0 aliphatic heterocycles. The molecule has 13 nitrogen and oxygen atoms in total. The lowest BCUT2D eigenvalue weighted by atomic mass is 9.86. The number of halogens is 1. The molecule has 266 valence electrons. The highest BCUT2D eigenvalue weighted by Gasteiger charge is 2.21. The van der Waals surface area contributed by atoms with Crippen LogP contribution in [0.5, 0.6) is 5.75 Å². The van der Waals surface area contributed by atoms with Crippen molar-refractivity contribution in [2.75, 3.05) is 11.9 Å². The van der Waals surface area contributed by atoms with E-state index in [1.165, 1.54) is 19.3 Å². The van der Waals surface area contributed by atoms with E-state index in [0.717, 1.165) is 26.3 Å². The number of carbonyl (C=O) groups excluding carboxylic acids is 2. The average Bonchev–Trinajstić information content (AvgIpc) is 3.94. The summed E-state index contributed by atoms with van der Waals surface area (Å²) in [6.07, 6.45) is 5.30. The van der Waals surface area contributed by atoms with Crippen LogP contribution in [0.15, 0.2) is 109 Å². The minimum absolute atomic E-state index is 0.182. The van der Waals surface area contributed by atoms with Gasteiger partial charge in [-0.25, -0.2) is 10.3 Å². The van der Waals surface area contributed by atoms with Crippen LogP contribution in [0.2, 0.25) is 0 Å². The zero-order chi connectivity index (χ0) is 36.2. The van der Waals surface area contributed by atoms with E-state index < -0.39 is 5.76 Å². The Morgan fingerprint density at radius 1 is 0.942 bits per heavy atom. The maximum absolute atomic E-state index is 13.2. The Morgan fingerprint density at radius 2 is 1.73 bits per heavy atom. The molecule has 0 spiro atoms. The summed E-state index contributed by atoms with van der Waals surface area (Å²) in [6.45, 7) is 0.895. The molecule has 4 aromatic heterocycles. The number of ether oxygens (including phenoxy) is 1. The molecule has 52 heavy (non-hydrogen) atoms. The third kappa shape index (κ3) is 7.43. The fraction of sp³-hybridized carbons (Fsp3) is 0.211. The molecule has 7 aromatic rings. The number of hydroxylamine groups is 1. The van der Waals surface area contributed by atoms with Crippen molar-refractivity contribution < 1.29 is 28.1 Å². The van der Waals surface area contributed by atoms with E-state index in [0.29, 0.717) is 46.7 Å². The Balaban J connectivity index is 0.000000187. The lowest BCUT2D eigenvalue weighted by Crippen LogP contribution is -2.29. The highest BCUT2D eigenvalue weighted by atomic mass is 79.9. The number of aromatic amines is 1. The molecule has 8 rings (SSSR count). The summed E-state index contributed by atoms with van der Waals surface area (Å²) >= 11 is 3.40. The molecular weight excluding hydrogens is 732 g/mol. The lowest BCUT2D eigenvalue weighted by Gasteiger charge is -2.24. The number of H-pyrrole nitrogens is 1. The summed E-state index contributed by atoms with van der Waals surface area (Å²) in [5.74, 6) is 0.967. The minimum atomic E-state index is -0.682. The van der Waals surface area contributed by atoms with Crippen molar-refractivity contribution in [2.24, 2.45) is 20.0 Å². The molecule has 2 amide bonds. The molecule has 3 aromatic carbocycles. The van der Waals surface area contributed by atoms with Crippen LogP contribution in [0.1, 0.15) is 46.0 Å². The van der Waals surface area contributed by atoms with Crippen LogP contribution in [-0.2, 0) is 25.5 Å². The van der Waals surface area contributed by atoms with Crippen LogP contribution in [0.3, 0.4) is 0 Å². The van der Waals surface area contributed by atoms with Gasteiger partial charge in [0.2, 0.25) is 0 Å². The van der Waals surface area contributed by atoms with Crippen molar-refractivity contribution in [2.45, 2.75) is 25.9 Å². The highest BCUT2D eigenvalue weighted by molar-refractivity contribution is 9.10. The van der Waals surface area contributed by atoms with Crippen molar-refractivity contribution >= 4 is 55.2 Å². The van der Waals surface area contributed by atoms with E-state index in [9.17, 15) is 14.4 Å². The van der Waals surface area contributed by atoms with Crippen LogP contribution in [0, 0.1) is 5.92 Å². The first-order chi connectivity index (χ1) is 25.2. The predicted molar refractivity (Wildman–Crippen MR) is 198 cm³/mol. The Hall–Kier alpha value is -5.86. The number of amides is 2. The number of anilines is 1. The number of hydrogen-bond acceptors (Lipinski definition) is 8. The number of rotatable bonds is 10. The van der Waals surface area contributed by atoms with Gasteiger partial charge in [0.1, 0.15) is 29.5 Å². The number of aromatic nitrogens is 4. The second-order valence-corrected chi connectivity index (χ2v) is 13.3. The van der Waals surface area contributed by atoms with Gasteiger partial charge in [0.05, 0.1) is 24.1 Å². The number of fused-ring (bicyclic) bond motifs is 2. The van der Waals surface area contributed by atoms with Gasteiger partial charge in [0.15, 0.2) is 5.82 Å². The number of furan rings is 1. The molecule has 0 bridgehead atoms. The number of para-hydroxylation sites is 2. The van der Waals surface area contributed by atoms with Crippen molar-refractivity contribution in [1.29, 1.82) is 0 Å². The average molecular weight is 768 g/mol. The molecule has 0 atom stereocenters. The highest BCUT2D eigenvalue weighted by Crippen LogP contribution is 2.32. The standard InChI is InChI=1S/C23H17BrN4O5.C15H18N2O2/c1-28-18(10-13-4-2-6-19(20(13)28)32-12-15-5-3-9-31-15)22(29)25-17-8-7-14(24)11-16(17)21-26-23(30)33-27-21;1-17-13-8-3-2-7-12(13)9-14(17)15(18)16-19-10-11-5-4-6-11/h2-11H,12H2,1H3,(H,25,29)(H,26,27,30);2-3,7-9,11H,4-6,10H2,1H3,(H,16,18). The number of hydrogen-bond donors (Lipinski definition) is 3. The fourth-order valence-corrected chi connectivity index (χ4v) is 6.42. The van der Waals surface area contributed by atoms with Gasteiger partial charge in [0.25, 0.3) is 11.8 Å².